The fourth-order valence-electron chi connectivity index (χ4n) is 2.74. The second kappa shape index (κ2) is 10.2. The largest absolute Gasteiger partial charge is 0.493 e. The van der Waals surface area contributed by atoms with Gasteiger partial charge in [0, 0.05) is 35.8 Å². The minimum Gasteiger partial charge on any atom is -0.493 e. The normalized spacial score (nSPS) is 10.5. The number of nitrogens with one attached hydrogen (secondary N) is 2. The van der Waals surface area contributed by atoms with Crippen LogP contribution in [0.1, 0.15) is 40.1 Å². The SMILES string of the molecule is CC(C)COc1cccc(C(=O)NCc2cccc(NC(=O)c3ccncc3)c2)c1. The number of nitrogens with zero attached hydrogens (tertiary/aromatic N) is 1. The Morgan fingerprint density at radius 1 is 0.933 bits per heavy atom. The molecule has 0 atom stereocenters. The summed E-state index contributed by atoms with van der Waals surface area (Å²) < 4.78 is 5.69. The third-order valence-corrected chi connectivity index (χ3v) is 4.26. The second-order valence-electron chi connectivity index (χ2n) is 7.31. The number of hydrogen-bond acceptors (Lipinski definition) is 4. The zero-order valence-electron chi connectivity index (χ0n) is 17.1. The van der Waals surface area contributed by atoms with E-state index >= 15 is 0 Å². The van der Waals surface area contributed by atoms with Gasteiger partial charge in [-0.3, -0.25) is 14.6 Å². The number of ether oxygens (including phenoxy) is 1. The Morgan fingerprint density at radius 2 is 1.70 bits per heavy atom. The minimum atomic E-state index is -0.211. The fourth-order valence-corrected chi connectivity index (χ4v) is 2.74. The summed E-state index contributed by atoms with van der Waals surface area (Å²) in [5.74, 6) is 0.694. The van der Waals surface area contributed by atoms with Crippen molar-refractivity contribution in [3.63, 3.8) is 0 Å². The highest BCUT2D eigenvalue weighted by Crippen LogP contribution is 2.15. The van der Waals surface area contributed by atoms with Crippen LogP contribution in [0.15, 0.2) is 73.1 Å². The molecule has 30 heavy (non-hydrogen) atoms. The second-order valence-corrected chi connectivity index (χ2v) is 7.31. The summed E-state index contributed by atoms with van der Waals surface area (Å²) in [6, 6.07) is 17.8. The average Bonchev–Trinajstić information content (AvgIpc) is 2.77. The van der Waals surface area contributed by atoms with Crippen LogP contribution in [0, 0.1) is 5.92 Å². The Morgan fingerprint density at radius 3 is 2.47 bits per heavy atom. The topological polar surface area (TPSA) is 80.3 Å². The Bertz CT molecular complexity index is 1000. The van der Waals surface area contributed by atoms with Crippen LogP contribution in [0.3, 0.4) is 0 Å². The van der Waals surface area contributed by atoms with Gasteiger partial charge in [0.2, 0.25) is 0 Å². The molecule has 0 spiro atoms. The zero-order valence-corrected chi connectivity index (χ0v) is 17.1. The predicted octanol–water partition coefficient (Wildman–Crippen LogP) is 4.30. The van der Waals surface area contributed by atoms with Crippen LogP contribution in [0.4, 0.5) is 5.69 Å². The van der Waals surface area contributed by atoms with Crippen LogP contribution < -0.4 is 15.4 Å². The molecule has 154 valence electrons. The first-order chi connectivity index (χ1) is 14.5. The summed E-state index contributed by atoms with van der Waals surface area (Å²) in [6.45, 7) is 5.09. The molecule has 2 aromatic carbocycles. The standard InChI is InChI=1S/C24H25N3O3/c1-17(2)16-30-22-8-4-6-20(14-22)23(28)26-15-18-5-3-7-21(13-18)27-24(29)19-9-11-25-12-10-19/h3-14,17H,15-16H2,1-2H3,(H,26,28)(H,27,29). The molecule has 3 rings (SSSR count). The highest BCUT2D eigenvalue weighted by Gasteiger charge is 2.09. The summed E-state index contributed by atoms with van der Waals surface area (Å²) in [5.41, 5.74) is 2.61. The third kappa shape index (κ3) is 6.17. The van der Waals surface area contributed by atoms with Crippen molar-refractivity contribution >= 4 is 17.5 Å². The van der Waals surface area contributed by atoms with E-state index in [0.29, 0.717) is 41.6 Å². The Balaban J connectivity index is 1.58. The van der Waals surface area contributed by atoms with Crippen molar-refractivity contribution in [2.75, 3.05) is 11.9 Å². The van der Waals surface area contributed by atoms with E-state index in [2.05, 4.69) is 29.5 Å². The summed E-state index contributed by atoms with van der Waals surface area (Å²) >= 11 is 0. The number of carbonyl (C=O) groups excluding carboxylic acids is 2. The molecule has 0 radical (unpaired) electrons. The first kappa shape index (κ1) is 21.0. The van der Waals surface area contributed by atoms with Crippen molar-refractivity contribution in [3.05, 3.63) is 89.7 Å². The molecule has 1 heterocycles. The lowest BCUT2D eigenvalue weighted by Gasteiger charge is -2.11. The highest BCUT2D eigenvalue weighted by molar-refractivity contribution is 6.04. The van der Waals surface area contributed by atoms with Crippen molar-refractivity contribution in [3.8, 4) is 5.75 Å². The van der Waals surface area contributed by atoms with E-state index in [1.165, 1.54) is 0 Å². The lowest BCUT2D eigenvalue weighted by atomic mass is 10.1. The maximum absolute atomic E-state index is 12.5. The molecule has 2 amide bonds. The monoisotopic (exact) mass is 403 g/mol. The fraction of sp³-hybridized carbons (Fsp3) is 0.208. The summed E-state index contributed by atoms with van der Waals surface area (Å²) in [5, 5.41) is 5.76. The maximum Gasteiger partial charge on any atom is 0.255 e. The number of carbonyl (C=O) groups is 2. The van der Waals surface area contributed by atoms with E-state index in [-0.39, 0.29) is 11.8 Å². The molecule has 0 saturated heterocycles. The molecule has 3 aromatic rings. The lowest BCUT2D eigenvalue weighted by molar-refractivity contribution is 0.0949. The molecule has 1 aromatic heterocycles. The number of amides is 2. The molecule has 2 N–H and O–H groups in total. The van der Waals surface area contributed by atoms with Gasteiger partial charge in [-0.05, 0) is 53.9 Å². The number of pyridine rings is 1. The van der Waals surface area contributed by atoms with Crippen molar-refractivity contribution in [1.82, 2.24) is 10.3 Å². The summed E-state index contributed by atoms with van der Waals surface area (Å²) in [7, 11) is 0. The number of hydrogen-bond donors (Lipinski definition) is 2. The van der Waals surface area contributed by atoms with Crippen LogP contribution in [0.25, 0.3) is 0 Å². The number of anilines is 1. The molecule has 0 fully saturated rings. The van der Waals surface area contributed by atoms with Crippen molar-refractivity contribution in [2.24, 2.45) is 5.92 Å². The number of benzene rings is 2. The van der Waals surface area contributed by atoms with E-state index < -0.39 is 0 Å². The lowest BCUT2D eigenvalue weighted by Crippen LogP contribution is -2.23. The van der Waals surface area contributed by atoms with Gasteiger partial charge in [0.05, 0.1) is 6.61 Å². The first-order valence-corrected chi connectivity index (χ1v) is 9.82. The Hall–Kier alpha value is -3.67. The summed E-state index contributed by atoms with van der Waals surface area (Å²) in [4.78, 5) is 28.7. The van der Waals surface area contributed by atoms with Crippen molar-refractivity contribution < 1.29 is 14.3 Å². The number of aromatic nitrogens is 1. The Labute approximate surface area is 176 Å². The van der Waals surface area contributed by atoms with E-state index in [9.17, 15) is 9.59 Å². The predicted molar refractivity (Wildman–Crippen MR) is 117 cm³/mol. The minimum absolute atomic E-state index is 0.184. The van der Waals surface area contributed by atoms with Crippen LogP contribution in [-0.4, -0.2) is 23.4 Å². The molecular weight excluding hydrogens is 378 g/mol. The van der Waals surface area contributed by atoms with E-state index in [4.69, 9.17) is 4.74 Å². The molecule has 6 heteroatoms. The maximum atomic E-state index is 12.5. The van der Waals surface area contributed by atoms with Crippen LogP contribution in [-0.2, 0) is 6.54 Å². The molecule has 0 aliphatic carbocycles. The highest BCUT2D eigenvalue weighted by atomic mass is 16.5. The van der Waals surface area contributed by atoms with Crippen LogP contribution >= 0.6 is 0 Å². The molecule has 0 aliphatic rings. The van der Waals surface area contributed by atoms with Crippen LogP contribution in [0.5, 0.6) is 5.75 Å². The quantitative estimate of drug-likeness (QED) is 0.588. The van der Waals surface area contributed by atoms with E-state index in [0.717, 1.165) is 5.56 Å². The summed E-state index contributed by atoms with van der Waals surface area (Å²) in [6.07, 6.45) is 3.15. The Kier molecular flexibility index (Phi) is 7.16. The third-order valence-electron chi connectivity index (χ3n) is 4.26. The average molecular weight is 403 g/mol. The van der Waals surface area contributed by atoms with Gasteiger partial charge in [0.15, 0.2) is 0 Å². The smallest absolute Gasteiger partial charge is 0.255 e. The van der Waals surface area contributed by atoms with Crippen molar-refractivity contribution in [1.29, 1.82) is 0 Å². The van der Waals surface area contributed by atoms with Gasteiger partial charge in [0.1, 0.15) is 5.75 Å². The molecule has 0 bridgehead atoms. The molecule has 0 unspecified atom stereocenters. The molecule has 0 saturated carbocycles. The van der Waals surface area contributed by atoms with Crippen molar-refractivity contribution in [2.45, 2.75) is 20.4 Å². The van der Waals surface area contributed by atoms with E-state index in [1.54, 1.807) is 48.8 Å². The van der Waals surface area contributed by atoms with Gasteiger partial charge >= 0.3 is 0 Å². The van der Waals surface area contributed by atoms with Crippen LogP contribution in [0.2, 0.25) is 0 Å². The van der Waals surface area contributed by atoms with Gasteiger partial charge in [0.25, 0.3) is 11.8 Å². The molecule has 0 aliphatic heterocycles. The van der Waals surface area contributed by atoms with Gasteiger partial charge in [-0.2, -0.15) is 0 Å². The molecule has 6 nitrogen and oxygen atoms in total. The zero-order chi connectivity index (χ0) is 21.3. The van der Waals surface area contributed by atoms with E-state index in [1.807, 2.05) is 24.3 Å². The van der Waals surface area contributed by atoms with Gasteiger partial charge in [-0.1, -0.05) is 32.0 Å². The number of rotatable bonds is 8. The first-order valence-electron chi connectivity index (χ1n) is 9.82. The van der Waals surface area contributed by atoms with Gasteiger partial charge < -0.3 is 15.4 Å². The molecular formula is C24H25N3O3. The van der Waals surface area contributed by atoms with Gasteiger partial charge in [-0.15, -0.1) is 0 Å². The van der Waals surface area contributed by atoms with Gasteiger partial charge in [-0.25, -0.2) is 0 Å².